The molecule has 0 bridgehead atoms. The van der Waals surface area contributed by atoms with Crippen molar-refractivity contribution in [1.29, 1.82) is 0 Å². The van der Waals surface area contributed by atoms with Gasteiger partial charge in [0.1, 0.15) is 5.75 Å². The number of benzene rings is 1. The van der Waals surface area contributed by atoms with Crippen molar-refractivity contribution < 1.29 is 4.74 Å². The molecule has 0 aliphatic carbocycles. The molecule has 0 saturated carbocycles. The fourth-order valence-electron chi connectivity index (χ4n) is 3.76. The van der Waals surface area contributed by atoms with Crippen LogP contribution < -0.4 is 20.0 Å². The summed E-state index contributed by atoms with van der Waals surface area (Å²) in [6.45, 7) is 3.98. The van der Waals surface area contributed by atoms with Crippen LogP contribution in [0.1, 0.15) is 44.1 Å². The third-order valence-corrected chi connectivity index (χ3v) is 5.36. The number of hydrogen-bond donors (Lipinski definition) is 1. The van der Waals surface area contributed by atoms with Gasteiger partial charge >= 0.3 is 0 Å². The van der Waals surface area contributed by atoms with E-state index in [0.717, 1.165) is 49.4 Å². The molecule has 8 heteroatoms. The minimum absolute atomic E-state index is 0.486. The maximum Gasteiger partial charge on any atom is 0.250 e. The first-order valence-corrected chi connectivity index (χ1v) is 10.5. The lowest BCUT2D eigenvalue weighted by atomic mass is 10.1. The molecule has 0 spiro atoms. The van der Waals surface area contributed by atoms with Crippen LogP contribution in [-0.4, -0.2) is 54.5 Å². The molecule has 2 aliphatic rings. The summed E-state index contributed by atoms with van der Waals surface area (Å²) in [6.07, 6.45) is 9.02. The molecule has 2 aromatic rings. The number of methoxy groups -OCH3 is 1. The quantitative estimate of drug-likeness (QED) is 0.594. The van der Waals surface area contributed by atoms with E-state index in [-0.39, 0.29) is 0 Å². The lowest BCUT2D eigenvalue weighted by Gasteiger charge is -2.30. The lowest BCUT2D eigenvalue weighted by Crippen LogP contribution is -2.34. The number of hydrazone groups is 1. The van der Waals surface area contributed by atoms with Crippen molar-refractivity contribution in [2.24, 2.45) is 5.10 Å². The molecule has 2 fully saturated rings. The van der Waals surface area contributed by atoms with Gasteiger partial charge in [-0.25, -0.2) is 5.43 Å². The molecule has 1 aromatic carbocycles. The van der Waals surface area contributed by atoms with Gasteiger partial charge < -0.3 is 14.5 Å². The van der Waals surface area contributed by atoms with Crippen LogP contribution in [0.3, 0.4) is 0 Å². The predicted octanol–water partition coefficient (Wildman–Crippen LogP) is 3.31. The summed E-state index contributed by atoms with van der Waals surface area (Å²) in [7, 11) is 1.66. The van der Waals surface area contributed by atoms with Crippen molar-refractivity contribution in [3.05, 3.63) is 29.8 Å². The maximum absolute atomic E-state index is 5.26. The van der Waals surface area contributed by atoms with Gasteiger partial charge in [-0.2, -0.15) is 20.1 Å². The Hall–Kier alpha value is -2.90. The van der Waals surface area contributed by atoms with Crippen molar-refractivity contribution in [2.75, 3.05) is 48.5 Å². The van der Waals surface area contributed by atoms with Gasteiger partial charge in [0.15, 0.2) is 0 Å². The van der Waals surface area contributed by atoms with Gasteiger partial charge in [-0.1, -0.05) is 12.1 Å². The summed E-state index contributed by atoms with van der Waals surface area (Å²) < 4.78 is 5.26. The van der Waals surface area contributed by atoms with Gasteiger partial charge in [0.25, 0.3) is 0 Å². The fourth-order valence-corrected chi connectivity index (χ4v) is 3.76. The van der Waals surface area contributed by atoms with Crippen LogP contribution in [0.25, 0.3) is 0 Å². The van der Waals surface area contributed by atoms with Crippen LogP contribution in [0.4, 0.5) is 17.8 Å². The van der Waals surface area contributed by atoms with E-state index in [9.17, 15) is 0 Å². The Morgan fingerprint density at radius 2 is 1.52 bits per heavy atom. The molecular formula is C21H29N7O. The molecule has 2 saturated heterocycles. The zero-order valence-electron chi connectivity index (χ0n) is 17.0. The third kappa shape index (κ3) is 5.13. The number of ether oxygens (including phenoxy) is 1. The summed E-state index contributed by atoms with van der Waals surface area (Å²) in [6, 6.07) is 7.74. The Kier molecular flexibility index (Phi) is 6.38. The third-order valence-electron chi connectivity index (χ3n) is 5.36. The highest BCUT2D eigenvalue weighted by Crippen LogP contribution is 2.22. The van der Waals surface area contributed by atoms with Gasteiger partial charge in [-0.05, 0) is 56.2 Å². The smallest absolute Gasteiger partial charge is 0.250 e. The van der Waals surface area contributed by atoms with Gasteiger partial charge in [0, 0.05) is 26.2 Å². The molecule has 0 unspecified atom stereocenters. The highest BCUT2D eigenvalue weighted by molar-refractivity contribution is 5.80. The summed E-state index contributed by atoms with van der Waals surface area (Å²) in [5, 5.41) is 4.34. The number of nitrogens with zero attached hydrogens (tertiary/aromatic N) is 6. The minimum atomic E-state index is 0.486. The molecule has 29 heavy (non-hydrogen) atoms. The standard InChI is InChI=1S/C21H29N7O/c1-29-18-10-8-9-17(15-18)16-22-26-19-23-20(27-11-4-2-5-12-27)25-21(24-19)28-13-6-3-7-14-28/h8-10,15-16H,2-7,11-14H2,1H3,(H,23,24,25,26). The van der Waals surface area contributed by atoms with Crippen LogP contribution in [0.2, 0.25) is 0 Å². The first-order valence-electron chi connectivity index (χ1n) is 10.5. The molecule has 2 aliphatic heterocycles. The topological polar surface area (TPSA) is 78.8 Å². The molecule has 8 nitrogen and oxygen atoms in total. The van der Waals surface area contributed by atoms with Gasteiger partial charge in [-0.3, -0.25) is 0 Å². The van der Waals surface area contributed by atoms with Gasteiger partial charge in [-0.15, -0.1) is 0 Å². The Labute approximate surface area is 172 Å². The van der Waals surface area contributed by atoms with Crippen LogP contribution >= 0.6 is 0 Å². The van der Waals surface area contributed by atoms with E-state index in [1.54, 1.807) is 13.3 Å². The first kappa shape index (κ1) is 19.4. The fraction of sp³-hybridized carbons (Fsp3) is 0.524. The molecule has 1 N–H and O–H groups in total. The van der Waals surface area contributed by atoms with Crippen molar-refractivity contribution in [1.82, 2.24) is 15.0 Å². The Morgan fingerprint density at radius 1 is 0.897 bits per heavy atom. The minimum Gasteiger partial charge on any atom is -0.497 e. The number of rotatable bonds is 6. The zero-order chi connectivity index (χ0) is 19.9. The Bertz CT molecular complexity index is 793. The number of piperidine rings is 2. The van der Waals surface area contributed by atoms with Crippen molar-refractivity contribution >= 4 is 24.1 Å². The van der Waals surface area contributed by atoms with Crippen molar-refractivity contribution in [2.45, 2.75) is 38.5 Å². The van der Waals surface area contributed by atoms with Gasteiger partial charge in [0.2, 0.25) is 17.8 Å². The van der Waals surface area contributed by atoms with Crippen LogP contribution in [0.15, 0.2) is 29.4 Å². The second-order valence-electron chi connectivity index (χ2n) is 7.50. The van der Waals surface area contributed by atoms with E-state index < -0.39 is 0 Å². The van der Waals surface area contributed by atoms with Crippen LogP contribution in [0.5, 0.6) is 5.75 Å². The number of aromatic nitrogens is 3. The normalized spacial score (nSPS) is 17.6. The van der Waals surface area contributed by atoms with Crippen molar-refractivity contribution in [3.8, 4) is 5.75 Å². The monoisotopic (exact) mass is 395 g/mol. The molecule has 154 valence electrons. The highest BCUT2D eigenvalue weighted by atomic mass is 16.5. The summed E-state index contributed by atoms with van der Waals surface area (Å²) >= 11 is 0. The second-order valence-corrected chi connectivity index (χ2v) is 7.50. The molecule has 0 amide bonds. The highest BCUT2D eigenvalue weighted by Gasteiger charge is 2.20. The van der Waals surface area contributed by atoms with E-state index in [1.807, 2.05) is 24.3 Å². The van der Waals surface area contributed by atoms with Crippen LogP contribution in [0, 0.1) is 0 Å². The van der Waals surface area contributed by atoms with E-state index in [4.69, 9.17) is 9.72 Å². The molecule has 4 rings (SSSR count). The van der Waals surface area contributed by atoms with Crippen molar-refractivity contribution in [3.63, 3.8) is 0 Å². The first-order chi connectivity index (χ1) is 14.3. The molecular weight excluding hydrogens is 366 g/mol. The average molecular weight is 396 g/mol. The van der Waals surface area contributed by atoms with E-state index in [1.165, 1.54) is 38.5 Å². The predicted molar refractivity (Wildman–Crippen MR) is 116 cm³/mol. The summed E-state index contributed by atoms with van der Waals surface area (Å²) in [5.74, 6) is 2.79. The van der Waals surface area contributed by atoms with E-state index >= 15 is 0 Å². The molecule has 3 heterocycles. The Balaban J connectivity index is 1.54. The Morgan fingerprint density at radius 3 is 2.10 bits per heavy atom. The number of nitrogens with one attached hydrogen (secondary N) is 1. The average Bonchev–Trinajstić information content (AvgIpc) is 2.80. The second kappa shape index (κ2) is 9.54. The SMILES string of the molecule is COc1cccc(C=NNc2nc(N3CCCCC3)nc(N3CCCCC3)n2)c1. The number of hydrogen-bond acceptors (Lipinski definition) is 8. The number of anilines is 3. The zero-order valence-corrected chi connectivity index (χ0v) is 17.0. The maximum atomic E-state index is 5.26. The largest absolute Gasteiger partial charge is 0.497 e. The van der Waals surface area contributed by atoms with E-state index in [2.05, 4.69) is 30.3 Å². The van der Waals surface area contributed by atoms with Crippen LogP contribution in [-0.2, 0) is 0 Å². The summed E-state index contributed by atoms with van der Waals surface area (Å²) in [4.78, 5) is 18.6. The molecule has 0 atom stereocenters. The van der Waals surface area contributed by atoms with E-state index in [0.29, 0.717) is 5.95 Å². The molecule has 0 radical (unpaired) electrons. The summed E-state index contributed by atoms with van der Waals surface area (Å²) in [5.41, 5.74) is 3.95. The lowest BCUT2D eigenvalue weighted by molar-refractivity contribution is 0.415. The van der Waals surface area contributed by atoms with Gasteiger partial charge in [0.05, 0.1) is 13.3 Å². The molecule has 1 aromatic heterocycles.